The molecule has 2 heterocycles. The van der Waals surface area contributed by atoms with Crippen LogP contribution in [0.4, 0.5) is 34.1 Å². The van der Waals surface area contributed by atoms with Crippen molar-refractivity contribution in [1.82, 2.24) is 0 Å². The van der Waals surface area contributed by atoms with Gasteiger partial charge >= 0.3 is 0 Å². The van der Waals surface area contributed by atoms with Gasteiger partial charge in [-0.25, -0.2) is 0 Å². The molecule has 14 aromatic carbocycles. The van der Waals surface area contributed by atoms with Crippen LogP contribution < -0.4 is 9.80 Å². The van der Waals surface area contributed by atoms with Gasteiger partial charge in [-0.05, 0) is 175 Å². The highest BCUT2D eigenvalue weighted by molar-refractivity contribution is 6.16. The van der Waals surface area contributed by atoms with Crippen LogP contribution in [-0.4, -0.2) is 0 Å². The predicted molar refractivity (Wildman–Crippen MR) is 362 cm³/mol. The molecule has 2 aliphatic rings. The summed E-state index contributed by atoms with van der Waals surface area (Å²) in [4.78, 5) is 4.66. The number of fused-ring (bicyclic) bond motifs is 13. The SMILES string of the molecule is c1ccc(N(c2ccc(C3(c4ccccc4)c4ccccc4-c4ccccc43)cc2)c2ccc3c(c2)oc2cc4cc5oc6cc(N(c7ccccc7)c7ccc(C8(c9ccccc9)c9ccccc9-c9ccccc98)cc7)ccc6c5cc4cc23)cc1. The smallest absolute Gasteiger partial charge is 0.137 e. The Morgan fingerprint density at radius 3 is 0.841 bits per heavy atom. The molecule has 2 aliphatic carbocycles. The second kappa shape index (κ2) is 19.5. The van der Waals surface area contributed by atoms with Crippen LogP contribution in [0.2, 0.25) is 0 Å². The third kappa shape index (κ3) is 7.33. The quantitative estimate of drug-likeness (QED) is 0.137. The van der Waals surface area contributed by atoms with Gasteiger partial charge < -0.3 is 18.6 Å². The first kappa shape index (κ1) is 49.9. The molecular formula is C84H54N2O2. The van der Waals surface area contributed by atoms with Crippen molar-refractivity contribution in [3.05, 3.63) is 372 Å². The summed E-state index contributed by atoms with van der Waals surface area (Å²) in [6.45, 7) is 0. The summed E-state index contributed by atoms with van der Waals surface area (Å²) in [5.41, 5.74) is 23.9. The van der Waals surface area contributed by atoms with Crippen LogP contribution in [0.1, 0.15) is 44.5 Å². The van der Waals surface area contributed by atoms with Crippen molar-refractivity contribution in [1.29, 1.82) is 0 Å². The van der Waals surface area contributed by atoms with E-state index in [1.165, 1.54) is 66.8 Å². The normalized spacial score (nSPS) is 13.4. The zero-order chi connectivity index (χ0) is 57.9. The number of hydrogen-bond acceptors (Lipinski definition) is 4. The van der Waals surface area contributed by atoms with E-state index in [4.69, 9.17) is 8.83 Å². The molecule has 0 radical (unpaired) electrons. The fraction of sp³-hybridized carbons (Fsp3) is 0.0238. The number of nitrogens with zero attached hydrogens (tertiary/aromatic N) is 2. The third-order valence-electron chi connectivity index (χ3n) is 19.0. The molecule has 0 saturated heterocycles. The Labute approximate surface area is 509 Å². The molecule has 0 N–H and O–H groups in total. The average Bonchev–Trinajstić information content (AvgIpc) is 1.76. The molecule has 412 valence electrons. The molecule has 18 rings (SSSR count). The molecule has 4 nitrogen and oxygen atoms in total. The number of benzene rings is 14. The van der Waals surface area contributed by atoms with Crippen molar-refractivity contribution in [3.8, 4) is 22.3 Å². The maximum Gasteiger partial charge on any atom is 0.137 e. The number of hydrogen-bond donors (Lipinski definition) is 0. The summed E-state index contributed by atoms with van der Waals surface area (Å²) in [7, 11) is 0. The first-order valence-corrected chi connectivity index (χ1v) is 30.3. The summed E-state index contributed by atoms with van der Waals surface area (Å²) in [6.07, 6.45) is 0. The Bertz CT molecular complexity index is 4950. The van der Waals surface area contributed by atoms with Crippen molar-refractivity contribution in [3.63, 3.8) is 0 Å². The van der Waals surface area contributed by atoms with E-state index in [0.717, 1.165) is 88.8 Å². The fourth-order valence-corrected chi connectivity index (χ4v) is 15.2. The number of para-hydroxylation sites is 2. The molecular weight excluding hydrogens is 1070 g/mol. The zero-order valence-electron chi connectivity index (χ0n) is 47.9. The van der Waals surface area contributed by atoms with E-state index >= 15 is 0 Å². The number of rotatable bonds is 10. The lowest BCUT2D eigenvalue weighted by atomic mass is 9.68. The summed E-state index contributed by atoms with van der Waals surface area (Å²) in [5.74, 6) is 0. The Kier molecular flexibility index (Phi) is 11.1. The van der Waals surface area contributed by atoms with Gasteiger partial charge in [0.05, 0.1) is 10.8 Å². The van der Waals surface area contributed by atoms with Crippen LogP contribution in [0.3, 0.4) is 0 Å². The minimum absolute atomic E-state index is 0.480. The van der Waals surface area contributed by atoms with Gasteiger partial charge in [-0.3, -0.25) is 0 Å². The van der Waals surface area contributed by atoms with Gasteiger partial charge in [0.25, 0.3) is 0 Å². The Hall–Kier alpha value is -11.5. The van der Waals surface area contributed by atoms with Crippen molar-refractivity contribution < 1.29 is 8.83 Å². The molecule has 4 heteroatoms. The predicted octanol–water partition coefficient (Wildman–Crippen LogP) is 22.3. The average molecular weight is 1120 g/mol. The van der Waals surface area contributed by atoms with Crippen molar-refractivity contribution in [2.45, 2.75) is 10.8 Å². The fourth-order valence-electron chi connectivity index (χ4n) is 15.2. The molecule has 2 aromatic heterocycles. The highest BCUT2D eigenvalue weighted by Gasteiger charge is 2.47. The zero-order valence-corrected chi connectivity index (χ0v) is 47.9. The van der Waals surface area contributed by atoms with Gasteiger partial charge in [0.15, 0.2) is 0 Å². The first-order chi connectivity index (χ1) is 43.6. The Morgan fingerprint density at radius 1 is 0.205 bits per heavy atom. The van der Waals surface area contributed by atoms with E-state index < -0.39 is 10.8 Å². The number of furan rings is 2. The molecule has 0 atom stereocenters. The molecule has 0 unspecified atom stereocenters. The van der Waals surface area contributed by atoms with Gasteiger partial charge in [0.1, 0.15) is 22.3 Å². The van der Waals surface area contributed by atoms with Crippen LogP contribution in [0, 0.1) is 0 Å². The minimum Gasteiger partial charge on any atom is -0.456 e. The standard InChI is InChI=1S/C84H54N2O2/c1-5-21-57(22-6-1)83(75-33-17-13-29-67(75)68-30-14-18-34-76(68)83)59-37-41-63(42-38-59)85(61-25-9-3-10-26-61)65-45-47-71-73-49-55-50-74-72-48-46-66(54-82(72)88-80(74)52-56(55)51-79(73)87-81(71)53-65)86(62-27-11-4-12-28-62)64-43-39-60(40-44-64)84(58-23-7-2-8-24-58)77-35-19-15-31-69(77)70-32-16-20-36-78(70)84/h1-54H. The molecule has 0 saturated carbocycles. The Balaban J connectivity index is 0.699. The second-order valence-electron chi connectivity index (χ2n) is 23.5. The van der Waals surface area contributed by atoms with Crippen molar-refractivity contribution in [2.24, 2.45) is 0 Å². The highest BCUT2D eigenvalue weighted by atomic mass is 16.3. The second-order valence-corrected chi connectivity index (χ2v) is 23.5. The van der Waals surface area contributed by atoms with Gasteiger partial charge in [-0.15, -0.1) is 0 Å². The highest BCUT2D eigenvalue weighted by Crippen LogP contribution is 2.58. The van der Waals surface area contributed by atoms with Crippen LogP contribution in [-0.2, 0) is 10.8 Å². The summed E-state index contributed by atoms with van der Waals surface area (Å²) < 4.78 is 13.7. The van der Waals surface area contributed by atoms with Crippen LogP contribution >= 0.6 is 0 Å². The molecule has 0 aliphatic heterocycles. The van der Waals surface area contributed by atoms with E-state index in [1.807, 2.05) is 0 Å². The maximum atomic E-state index is 6.87. The maximum absolute atomic E-state index is 6.87. The van der Waals surface area contributed by atoms with Gasteiger partial charge in [-0.2, -0.15) is 0 Å². The minimum atomic E-state index is -0.480. The van der Waals surface area contributed by atoms with E-state index in [1.54, 1.807) is 0 Å². The molecule has 0 bridgehead atoms. The topological polar surface area (TPSA) is 32.8 Å². The lowest BCUT2D eigenvalue weighted by Gasteiger charge is -2.34. The molecule has 88 heavy (non-hydrogen) atoms. The van der Waals surface area contributed by atoms with E-state index in [2.05, 4.69) is 337 Å². The van der Waals surface area contributed by atoms with Gasteiger partial charge in [0.2, 0.25) is 0 Å². The summed E-state index contributed by atoms with van der Waals surface area (Å²) in [5, 5.41) is 6.45. The summed E-state index contributed by atoms with van der Waals surface area (Å²) >= 11 is 0. The van der Waals surface area contributed by atoms with E-state index in [0.29, 0.717) is 0 Å². The van der Waals surface area contributed by atoms with Gasteiger partial charge in [-0.1, -0.05) is 218 Å². The molecule has 16 aromatic rings. The van der Waals surface area contributed by atoms with Crippen LogP contribution in [0.15, 0.2) is 336 Å². The van der Waals surface area contributed by atoms with Crippen molar-refractivity contribution >= 4 is 88.8 Å². The monoisotopic (exact) mass is 1120 g/mol. The van der Waals surface area contributed by atoms with E-state index in [9.17, 15) is 0 Å². The van der Waals surface area contributed by atoms with Crippen LogP contribution in [0.5, 0.6) is 0 Å². The first-order valence-electron chi connectivity index (χ1n) is 30.3. The third-order valence-corrected chi connectivity index (χ3v) is 19.0. The largest absolute Gasteiger partial charge is 0.456 e. The number of anilines is 6. The molecule has 0 fully saturated rings. The molecule has 0 spiro atoms. The van der Waals surface area contributed by atoms with Crippen molar-refractivity contribution in [2.75, 3.05) is 9.80 Å². The van der Waals surface area contributed by atoms with Crippen LogP contribution in [0.25, 0.3) is 76.9 Å². The van der Waals surface area contributed by atoms with Gasteiger partial charge in [0, 0.05) is 67.8 Å². The summed E-state index contributed by atoms with van der Waals surface area (Å²) in [6, 6.07) is 119. The van der Waals surface area contributed by atoms with E-state index in [-0.39, 0.29) is 0 Å². The Morgan fingerprint density at radius 2 is 0.477 bits per heavy atom. The lowest BCUT2D eigenvalue weighted by Crippen LogP contribution is -2.28. The lowest BCUT2D eigenvalue weighted by molar-refractivity contribution is 0.668. The molecule has 0 amide bonds.